The zero-order valence-corrected chi connectivity index (χ0v) is 7.34. The maximum Gasteiger partial charge on any atom is 0.146 e. The molecule has 0 unspecified atom stereocenters. The molecule has 3 heteroatoms. The number of Topliss-reactive ketones (excluding diaryl/α,β-unsaturated/α-hetero) is 1. The zero-order chi connectivity index (χ0) is 8.69. The standard InChI is InChI=1S/C8H17NO2/c1-3-4-8(11)7-9(2)5-6-10/h10H,3-7H2,1-2H3. The summed E-state index contributed by atoms with van der Waals surface area (Å²) in [6.45, 7) is 3.16. The number of hydrogen-bond donors (Lipinski definition) is 1. The van der Waals surface area contributed by atoms with Crippen LogP contribution in [0.4, 0.5) is 0 Å². The molecule has 0 aliphatic rings. The lowest BCUT2D eigenvalue weighted by molar-refractivity contribution is -0.120. The molecule has 0 saturated carbocycles. The van der Waals surface area contributed by atoms with Crippen LogP contribution >= 0.6 is 0 Å². The van der Waals surface area contributed by atoms with E-state index in [1.807, 2.05) is 18.9 Å². The van der Waals surface area contributed by atoms with Gasteiger partial charge in [-0.2, -0.15) is 0 Å². The molecule has 66 valence electrons. The average Bonchev–Trinajstić information content (AvgIpc) is 1.87. The summed E-state index contributed by atoms with van der Waals surface area (Å²) in [7, 11) is 1.84. The first-order chi connectivity index (χ1) is 5.20. The molecular weight excluding hydrogens is 142 g/mol. The van der Waals surface area contributed by atoms with E-state index in [0.29, 0.717) is 19.5 Å². The molecule has 0 atom stereocenters. The van der Waals surface area contributed by atoms with Gasteiger partial charge in [0.2, 0.25) is 0 Å². The van der Waals surface area contributed by atoms with Crippen molar-refractivity contribution in [1.29, 1.82) is 0 Å². The summed E-state index contributed by atoms with van der Waals surface area (Å²) in [6, 6.07) is 0. The second-order valence-corrected chi connectivity index (χ2v) is 2.75. The third kappa shape index (κ3) is 6.01. The Labute approximate surface area is 68.0 Å². The van der Waals surface area contributed by atoms with Gasteiger partial charge < -0.3 is 5.11 Å². The van der Waals surface area contributed by atoms with Crippen LogP contribution in [0.2, 0.25) is 0 Å². The van der Waals surface area contributed by atoms with E-state index < -0.39 is 0 Å². The molecule has 0 saturated heterocycles. The first-order valence-corrected chi connectivity index (χ1v) is 4.01. The van der Waals surface area contributed by atoms with Crippen molar-refractivity contribution in [2.75, 3.05) is 26.7 Å². The SMILES string of the molecule is CCCC(=O)CN(C)CCO. The molecule has 0 aliphatic carbocycles. The van der Waals surface area contributed by atoms with Crippen LogP contribution in [-0.2, 0) is 4.79 Å². The van der Waals surface area contributed by atoms with Crippen molar-refractivity contribution in [2.24, 2.45) is 0 Å². The highest BCUT2D eigenvalue weighted by molar-refractivity contribution is 5.80. The van der Waals surface area contributed by atoms with Crippen LogP contribution in [0.25, 0.3) is 0 Å². The molecule has 11 heavy (non-hydrogen) atoms. The number of likely N-dealkylation sites (N-methyl/N-ethyl adjacent to an activating group) is 1. The van der Waals surface area contributed by atoms with Crippen LogP contribution in [0.15, 0.2) is 0 Å². The Morgan fingerprint density at radius 1 is 1.55 bits per heavy atom. The fourth-order valence-electron chi connectivity index (χ4n) is 0.909. The van der Waals surface area contributed by atoms with Crippen molar-refractivity contribution in [1.82, 2.24) is 4.90 Å². The van der Waals surface area contributed by atoms with E-state index in [-0.39, 0.29) is 12.4 Å². The molecule has 0 rings (SSSR count). The van der Waals surface area contributed by atoms with Crippen LogP contribution in [0.1, 0.15) is 19.8 Å². The lowest BCUT2D eigenvalue weighted by Gasteiger charge is -2.12. The fraction of sp³-hybridized carbons (Fsp3) is 0.875. The molecular formula is C8H17NO2. The number of hydrogen-bond acceptors (Lipinski definition) is 3. The number of ketones is 1. The van der Waals surface area contributed by atoms with Crippen molar-refractivity contribution >= 4 is 5.78 Å². The Balaban J connectivity index is 3.40. The predicted octanol–water partition coefficient (Wildman–Crippen LogP) is 0.280. The Morgan fingerprint density at radius 3 is 2.64 bits per heavy atom. The summed E-state index contributed by atoms with van der Waals surface area (Å²) in [4.78, 5) is 12.8. The molecule has 0 radical (unpaired) electrons. The zero-order valence-electron chi connectivity index (χ0n) is 7.34. The molecule has 0 aromatic rings. The van der Waals surface area contributed by atoms with Crippen LogP contribution in [0.3, 0.4) is 0 Å². The summed E-state index contributed by atoms with van der Waals surface area (Å²) in [6.07, 6.45) is 1.56. The highest BCUT2D eigenvalue weighted by Gasteiger charge is 2.03. The van der Waals surface area contributed by atoms with Gasteiger partial charge in [-0.25, -0.2) is 0 Å². The normalized spacial score (nSPS) is 10.5. The maximum atomic E-state index is 11.0. The van der Waals surface area contributed by atoms with Gasteiger partial charge in [0.15, 0.2) is 0 Å². The summed E-state index contributed by atoms with van der Waals surface area (Å²) in [5.74, 6) is 0.253. The quantitative estimate of drug-likeness (QED) is 0.605. The molecule has 0 aromatic carbocycles. The second kappa shape index (κ2) is 6.31. The number of nitrogens with zero attached hydrogens (tertiary/aromatic N) is 1. The van der Waals surface area contributed by atoms with Crippen LogP contribution in [-0.4, -0.2) is 42.5 Å². The monoisotopic (exact) mass is 159 g/mol. The summed E-state index contributed by atoms with van der Waals surface area (Å²) in [5, 5.41) is 8.53. The van der Waals surface area contributed by atoms with Crippen molar-refractivity contribution < 1.29 is 9.90 Å². The number of carbonyl (C=O) groups excluding carboxylic acids is 1. The topological polar surface area (TPSA) is 40.5 Å². The molecule has 0 fully saturated rings. The lowest BCUT2D eigenvalue weighted by Crippen LogP contribution is -2.28. The van der Waals surface area contributed by atoms with Crippen molar-refractivity contribution in [3.8, 4) is 0 Å². The minimum Gasteiger partial charge on any atom is -0.395 e. The Hall–Kier alpha value is -0.410. The van der Waals surface area contributed by atoms with Gasteiger partial charge in [0.05, 0.1) is 13.2 Å². The highest BCUT2D eigenvalue weighted by Crippen LogP contribution is 1.91. The van der Waals surface area contributed by atoms with E-state index in [2.05, 4.69) is 0 Å². The van der Waals surface area contributed by atoms with Crippen LogP contribution in [0, 0.1) is 0 Å². The van der Waals surface area contributed by atoms with Crippen LogP contribution in [0.5, 0.6) is 0 Å². The predicted molar refractivity (Wildman–Crippen MR) is 44.5 cm³/mol. The van der Waals surface area contributed by atoms with E-state index in [4.69, 9.17) is 5.11 Å². The van der Waals surface area contributed by atoms with E-state index in [9.17, 15) is 4.79 Å². The minimum atomic E-state index is 0.121. The van der Waals surface area contributed by atoms with Gasteiger partial charge in [-0.3, -0.25) is 9.69 Å². The molecule has 1 N–H and O–H groups in total. The van der Waals surface area contributed by atoms with Gasteiger partial charge in [0, 0.05) is 13.0 Å². The molecule has 3 nitrogen and oxygen atoms in total. The van der Waals surface area contributed by atoms with Crippen molar-refractivity contribution in [3.05, 3.63) is 0 Å². The number of rotatable bonds is 6. The average molecular weight is 159 g/mol. The van der Waals surface area contributed by atoms with Gasteiger partial charge in [0.25, 0.3) is 0 Å². The second-order valence-electron chi connectivity index (χ2n) is 2.75. The van der Waals surface area contributed by atoms with Gasteiger partial charge in [-0.05, 0) is 13.5 Å². The third-order valence-electron chi connectivity index (χ3n) is 1.46. The van der Waals surface area contributed by atoms with Crippen molar-refractivity contribution in [2.45, 2.75) is 19.8 Å². The Bertz CT molecular complexity index is 115. The third-order valence-corrected chi connectivity index (χ3v) is 1.46. The molecule has 0 bridgehead atoms. The molecule has 0 aromatic heterocycles. The highest BCUT2D eigenvalue weighted by atomic mass is 16.3. The summed E-state index contributed by atoms with van der Waals surface area (Å²) >= 11 is 0. The van der Waals surface area contributed by atoms with Gasteiger partial charge in [-0.1, -0.05) is 6.92 Å². The smallest absolute Gasteiger partial charge is 0.146 e. The van der Waals surface area contributed by atoms with Gasteiger partial charge in [-0.15, -0.1) is 0 Å². The molecule has 0 heterocycles. The summed E-state index contributed by atoms with van der Waals surface area (Å²) < 4.78 is 0. The largest absolute Gasteiger partial charge is 0.395 e. The van der Waals surface area contributed by atoms with E-state index >= 15 is 0 Å². The number of carbonyl (C=O) groups is 1. The first-order valence-electron chi connectivity index (χ1n) is 4.01. The van der Waals surface area contributed by atoms with E-state index in [1.165, 1.54) is 0 Å². The fourth-order valence-corrected chi connectivity index (χ4v) is 0.909. The molecule has 0 amide bonds. The van der Waals surface area contributed by atoms with Crippen LogP contribution < -0.4 is 0 Å². The van der Waals surface area contributed by atoms with Gasteiger partial charge in [0.1, 0.15) is 5.78 Å². The number of aliphatic hydroxyl groups excluding tert-OH is 1. The van der Waals surface area contributed by atoms with Gasteiger partial charge >= 0.3 is 0 Å². The number of aliphatic hydroxyl groups is 1. The Morgan fingerprint density at radius 2 is 2.18 bits per heavy atom. The lowest BCUT2D eigenvalue weighted by atomic mass is 10.2. The summed E-state index contributed by atoms with van der Waals surface area (Å²) in [5.41, 5.74) is 0. The maximum absolute atomic E-state index is 11.0. The van der Waals surface area contributed by atoms with Crippen molar-refractivity contribution in [3.63, 3.8) is 0 Å². The molecule has 0 aliphatic heterocycles. The van der Waals surface area contributed by atoms with E-state index in [0.717, 1.165) is 6.42 Å². The first kappa shape index (κ1) is 10.6. The van der Waals surface area contributed by atoms with E-state index in [1.54, 1.807) is 0 Å². The Kier molecular flexibility index (Phi) is 6.07. The minimum absolute atomic E-state index is 0.121. The molecule has 0 spiro atoms.